The van der Waals surface area contributed by atoms with Gasteiger partial charge in [-0.3, -0.25) is 0 Å². The van der Waals surface area contributed by atoms with Gasteiger partial charge in [-0.2, -0.15) is 10.4 Å². The Morgan fingerprint density at radius 1 is 1.32 bits per heavy atom. The van der Waals surface area contributed by atoms with E-state index < -0.39 is 0 Å². The lowest BCUT2D eigenvalue weighted by atomic mass is 10.2. The molecule has 0 radical (unpaired) electrons. The van der Waals surface area contributed by atoms with Crippen LogP contribution >= 0.6 is 0 Å². The van der Waals surface area contributed by atoms with Gasteiger partial charge in [0.1, 0.15) is 24.0 Å². The Hall–Kier alpha value is -2.48. The maximum absolute atomic E-state index is 9.08. The van der Waals surface area contributed by atoms with Crippen molar-refractivity contribution >= 4 is 0 Å². The number of hydrogen-bond donors (Lipinski definition) is 0. The molecule has 19 heavy (non-hydrogen) atoms. The van der Waals surface area contributed by atoms with Gasteiger partial charge in [0, 0.05) is 7.05 Å². The molecule has 0 aliphatic carbocycles. The molecule has 0 atom stereocenters. The summed E-state index contributed by atoms with van der Waals surface area (Å²) in [5, 5.41) is 13.2. The molecule has 1 aromatic carbocycles. The third-order valence-corrected chi connectivity index (χ3v) is 2.82. The van der Waals surface area contributed by atoms with E-state index in [2.05, 4.69) is 11.2 Å². The maximum Gasteiger partial charge on any atom is 0.230 e. The number of aryl methyl sites for hydroxylation is 2. The van der Waals surface area contributed by atoms with E-state index in [1.54, 1.807) is 25.8 Å². The molecule has 1 heterocycles. The molecule has 0 aliphatic rings. The van der Waals surface area contributed by atoms with Crippen molar-refractivity contribution in [3.05, 3.63) is 41.1 Å². The highest BCUT2D eigenvalue weighted by Crippen LogP contribution is 2.21. The average Bonchev–Trinajstić information content (AvgIpc) is 2.70. The van der Waals surface area contributed by atoms with Crippen LogP contribution in [0.25, 0.3) is 0 Å². The molecule has 0 spiro atoms. The Morgan fingerprint density at radius 2 is 2.00 bits per heavy atom. The fourth-order valence-electron chi connectivity index (χ4n) is 1.80. The van der Waals surface area contributed by atoms with E-state index in [0.29, 0.717) is 23.7 Å². The Morgan fingerprint density at radius 3 is 2.58 bits per heavy atom. The van der Waals surface area contributed by atoms with Crippen molar-refractivity contribution in [2.75, 3.05) is 7.11 Å². The van der Waals surface area contributed by atoms with Crippen molar-refractivity contribution in [3.63, 3.8) is 0 Å². The lowest BCUT2D eigenvalue weighted by Crippen LogP contribution is -2.02. The SMILES string of the molecule is COc1ccc(COc2c(C#N)c(C)nn2C)cc1. The molecule has 2 aromatic rings. The van der Waals surface area contributed by atoms with Crippen molar-refractivity contribution in [1.29, 1.82) is 5.26 Å². The zero-order valence-corrected chi connectivity index (χ0v) is 11.2. The van der Waals surface area contributed by atoms with Crippen molar-refractivity contribution in [2.45, 2.75) is 13.5 Å². The zero-order chi connectivity index (χ0) is 13.8. The number of ether oxygens (including phenoxy) is 2. The first-order valence-electron chi connectivity index (χ1n) is 5.85. The van der Waals surface area contributed by atoms with Crippen LogP contribution in [-0.2, 0) is 13.7 Å². The summed E-state index contributed by atoms with van der Waals surface area (Å²) in [6, 6.07) is 9.71. The Kier molecular flexibility index (Phi) is 3.71. The Balaban J connectivity index is 2.12. The highest BCUT2D eigenvalue weighted by Gasteiger charge is 2.14. The molecule has 0 aliphatic heterocycles. The summed E-state index contributed by atoms with van der Waals surface area (Å²) < 4.78 is 12.4. The second kappa shape index (κ2) is 5.44. The second-order valence-electron chi connectivity index (χ2n) is 4.14. The summed E-state index contributed by atoms with van der Waals surface area (Å²) in [4.78, 5) is 0. The Labute approximate surface area is 112 Å². The van der Waals surface area contributed by atoms with Crippen LogP contribution in [0.4, 0.5) is 0 Å². The van der Waals surface area contributed by atoms with Gasteiger partial charge in [0.2, 0.25) is 5.88 Å². The molecule has 0 saturated carbocycles. The quantitative estimate of drug-likeness (QED) is 0.842. The smallest absolute Gasteiger partial charge is 0.230 e. The summed E-state index contributed by atoms with van der Waals surface area (Å²) in [7, 11) is 3.39. The zero-order valence-electron chi connectivity index (χ0n) is 11.2. The number of hydrogen-bond acceptors (Lipinski definition) is 4. The van der Waals surface area contributed by atoms with Gasteiger partial charge in [-0.15, -0.1) is 0 Å². The monoisotopic (exact) mass is 257 g/mol. The highest BCUT2D eigenvalue weighted by molar-refractivity contribution is 5.42. The molecule has 0 bridgehead atoms. The van der Waals surface area contributed by atoms with Crippen LogP contribution in [0.5, 0.6) is 11.6 Å². The number of nitrogens with zero attached hydrogens (tertiary/aromatic N) is 3. The van der Waals surface area contributed by atoms with E-state index in [4.69, 9.17) is 14.7 Å². The van der Waals surface area contributed by atoms with E-state index in [1.165, 1.54) is 0 Å². The van der Waals surface area contributed by atoms with Gasteiger partial charge in [0.15, 0.2) is 0 Å². The van der Waals surface area contributed by atoms with Crippen LogP contribution in [0.3, 0.4) is 0 Å². The normalized spacial score (nSPS) is 10.0. The van der Waals surface area contributed by atoms with Gasteiger partial charge in [0.25, 0.3) is 0 Å². The van der Waals surface area contributed by atoms with Gasteiger partial charge in [0.05, 0.1) is 12.8 Å². The molecular formula is C14H15N3O2. The van der Waals surface area contributed by atoms with E-state index >= 15 is 0 Å². The van der Waals surface area contributed by atoms with Crippen LogP contribution in [0, 0.1) is 18.3 Å². The summed E-state index contributed by atoms with van der Waals surface area (Å²) in [5.74, 6) is 1.30. The van der Waals surface area contributed by atoms with Gasteiger partial charge >= 0.3 is 0 Å². The number of benzene rings is 1. The van der Waals surface area contributed by atoms with Crippen LogP contribution in [-0.4, -0.2) is 16.9 Å². The van der Waals surface area contributed by atoms with E-state index in [0.717, 1.165) is 11.3 Å². The van der Waals surface area contributed by atoms with Gasteiger partial charge < -0.3 is 9.47 Å². The fraction of sp³-hybridized carbons (Fsp3) is 0.286. The van der Waals surface area contributed by atoms with Gasteiger partial charge in [-0.25, -0.2) is 4.68 Å². The van der Waals surface area contributed by atoms with E-state index in [9.17, 15) is 0 Å². The Bertz CT molecular complexity index is 609. The first-order valence-corrected chi connectivity index (χ1v) is 5.85. The lowest BCUT2D eigenvalue weighted by molar-refractivity contribution is 0.278. The molecule has 0 fully saturated rings. The van der Waals surface area contributed by atoms with Crippen LogP contribution in [0.15, 0.2) is 24.3 Å². The first kappa shape index (κ1) is 13.0. The largest absolute Gasteiger partial charge is 0.497 e. The van der Waals surface area contributed by atoms with Crippen LogP contribution in [0.2, 0.25) is 0 Å². The summed E-state index contributed by atoms with van der Waals surface area (Å²) >= 11 is 0. The molecule has 5 heteroatoms. The van der Waals surface area contributed by atoms with Crippen molar-refractivity contribution in [1.82, 2.24) is 9.78 Å². The predicted octanol–water partition coefficient (Wildman–Crippen LogP) is 2.19. The molecule has 2 rings (SSSR count). The topological polar surface area (TPSA) is 60.1 Å². The molecule has 1 aromatic heterocycles. The minimum atomic E-state index is 0.387. The number of nitriles is 1. The fourth-order valence-corrected chi connectivity index (χ4v) is 1.80. The molecule has 5 nitrogen and oxygen atoms in total. The molecule has 98 valence electrons. The third-order valence-electron chi connectivity index (χ3n) is 2.82. The lowest BCUT2D eigenvalue weighted by Gasteiger charge is -2.07. The minimum Gasteiger partial charge on any atom is -0.497 e. The maximum atomic E-state index is 9.08. The van der Waals surface area contributed by atoms with Crippen molar-refractivity contribution < 1.29 is 9.47 Å². The van der Waals surface area contributed by atoms with Crippen LogP contribution in [0.1, 0.15) is 16.8 Å². The molecular weight excluding hydrogens is 242 g/mol. The summed E-state index contributed by atoms with van der Waals surface area (Å²) in [6.07, 6.45) is 0. The highest BCUT2D eigenvalue weighted by atomic mass is 16.5. The van der Waals surface area contributed by atoms with Gasteiger partial charge in [-0.05, 0) is 24.6 Å². The molecule has 0 unspecified atom stereocenters. The first-order chi connectivity index (χ1) is 9.15. The minimum absolute atomic E-state index is 0.387. The summed E-state index contributed by atoms with van der Waals surface area (Å²) in [5.41, 5.74) is 2.16. The number of rotatable bonds is 4. The standard InChI is InChI=1S/C14H15N3O2/c1-10-13(8-15)14(17(2)16-10)19-9-11-4-6-12(18-3)7-5-11/h4-7H,9H2,1-3H3. The second-order valence-corrected chi connectivity index (χ2v) is 4.14. The molecule has 0 N–H and O–H groups in total. The number of methoxy groups -OCH3 is 1. The number of aromatic nitrogens is 2. The molecule has 0 saturated heterocycles. The predicted molar refractivity (Wildman–Crippen MR) is 70.0 cm³/mol. The van der Waals surface area contributed by atoms with Crippen molar-refractivity contribution in [2.24, 2.45) is 7.05 Å². The van der Waals surface area contributed by atoms with Crippen molar-refractivity contribution in [3.8, 4) is 17.7 Å². The van der Waals surface area contributed by atoms with E-state index in [1.807, 2.05) is 24.3 Å². The third kappa shape index (κ3) is 2.68. The molecule has 0 amide bonds. The summed E-state index contributed by atoms with van der Waals surface area (Å²) in [6.45, 7) is 2.18. The van der Waals surface area contributed by atoms with E-state index in [-0.39, 0.29) is 0 Å². The van der Waals surface area contributed by atoms with Crippen LogP contribution < -0.4 is 9.47 Å². The average molecular weight is 257 g/mol. The van der Waals surface area contributed by atoms with Gasteiger partial charge in [-0.1, -0.05) is 12.1 Å².